The summed E-state index contributed by atoms with van der Waals surface area (Å²) in [4.78, 5) is 22.3. The third kappa shape index (κ3) is 2.86. The van der Waals surface area contributed by atoms with Gasteiger partial charge in [-0.25, -0.2) is 9.59 Å². The van der Waals surface area contributed by atoms with Gasteiger partial charge in [-0.1, -0.05) is 0 Å². The van der Waals surface area contributed by atoms with Gasteiger partial charge in [0.25, 0.3) is 5.76 Å². The Morgan fingerprint density at radius 3 is 2.82 bits per heavy atom. The van der Waals surface area contributed by atoms with Gasteiger partial charge in [-0.05, 0) is 6.92 Å². The maximum Gasteiger partial charge on any atom is 0.412 e. The first-order valence-electron chi connectivity index (χ1n) is 4.90. The Morgan fingerprint density at radius 1 is 1.65 bits per heavy atom. The summed E-state index contributed by atoms with van der Waals surface area (Å²) >= 11 is 0. The molecule has 1 heterocycles. The van der Waals surface area contributed by atoms with Crippen LogP contribution in [0.2, 0.25) is 0 Å². The van der Waals surface area contributed by atoms with Gasteiger partial charge in [0.2, 0.25) is 0 Å². The molecule has 1 aliphatic heterocycles. The molecule has 0 saturated heterocycles. The van der Waals surface area contributed by atoms with Crippen molar-refractivity contribution in [3.63, 3.8) is 0 Å². The van der Waals surface area contributed by atoms with Crippen molar-refractivity contribution in [3.8, 4) is 0 Å². The summed E-state index contributed by atoms with van der Waals surface area (Å²) in [7, 11) is 0. The van der Waals surface area contributed by atoms with Gasteiger partial charge in [0.05, 0.1) is 6.61 Å². The number of aliphatic hydroxyl groups is 3. The first-order chi connectivity index (χ1) is 8.01. The lowest BCUT2D eigenvalue weighted by atomic mass is 10.2. The molecule has 8 nitrogen and oxygen atoms in total. The second-order valence-electron chi connectivity index (χ2n) is 3.21. The summed E-state index contributed by atoms with van der Waals surface area (Å²) in [5.74, 6) is -2.48. The van der Waals surface area contributed by atoms with Crippen LogP contribution in [0, 0.1) is 0 Å². The van der Waals surface area contributed by atoms with Crippen LogP contribution < -0.4 is 5.32 Å². The highest BCUT2D eigenvalue weighted by atomic mass is 16.6. The van der Waals surface area contributed by atoms with E-state index >= 15 is 0 Å². The Kier molecular flexibility index (Phi) is 4.30. The van der Waals surface area contributed by atoms with E-state index in [0.29, 0.717) is 0 Å². The zero-order valence-electron chi connectivity index (χ0n) is 9.04. The van der Waals surface area contributed by atoms with Gasteiger partial charge in [-0.15, -0.1) is 0 Å². The number of nitrogens with one attached hydrogen (secondary N) is 1. The average Bonchev–Trinajstić information content (AvgIpc) is 2.56. The van der Waals surface area contributed by atoms with E-state index in [0.717, 1.165) is 0 Å². The maximum absolute atomic E-state index is 11.2. The molecule has 4 N–H and O–H groups in total. The first kappa shape index (κ1) is 13.3. The molecule has 0 aromatic carbocycles. The van der Waals surface area contributed by atoms with Crippen molar-refractivity contribution in [1.82, 2.24) is 5.32 Å². The molecule has 1 aliphatic rings. The summed E-state index contributed by atoms with van der Waals surface area (Å²) in [6.45, 7) is 1.21. The molecule has 0 aromatic heterocycles. The summed E-state index contributed by atoms with van der Waals surface area (Å²) in [6, 6.07) is 0. The molecule has 96 valence electrons. The van der Waals surface area contributed by atoms with Gasteiger partial charge in [-0.3, -0.25) is 0 Å². The number of ether oxygens (including phenoxy) is 2. The number of alkyl carbamates (subject to hydrolysis) is 1. The molecule has 8 heteroatoms. The molecule has 0 fully saturated rings. The van der Waals surface area contributed by atoms with Crippen LogP contribution >= 0.6 is 0 Å². The fourth-order valence-electron chi connectivity index (χ4n) is 1.18. The van der Waals surface area contributed by atoms with Gasteiger partial charge in [-0.2, -0.15) is 0 Å². The normalized spacial score (nSPS) is 21.1. The highest BCUT2D eigenvalue weighted by molar-refractivity contribution is 5.92. The predicted octanol–water partition coefficient (Wildman–Crippen LogP) is -1.22. The Labute approximate surface area is 96.4 Å². The van der Waals surface area contributed by atoms with Gasteiger partial charge < -0.3 is 30.1 Å². The number of cyclic esters (lactones) is 1. The van der Waals surface area contributed by atoms with E-state index in [9.17, 15) is 19.8 Å². The number of aliphatic hydroxyl groups excluding tert-OH is 3. The number of esters is 1. The fourth-order valence-corrected chi connectivity index (χ4v) is 1.18. The maximum atomic E-state index is 11.2. The Morgan fingerprint density at radius 2 is 2.29 bits per heavy atom. The van der Waals surface area contributed by atoms with Crippen LogP contribution in [-0.4, -0.2) is 52.7 Å². The molecule has 17 heavy (non-hydrogen) atoms. The summed E-state index contributed by atoms with van der Waals surface area (Å²) in [5, 5.41) is 29.6. The van der Waals surface area contributed by atoms with Gasteiger partial charge >= 0.3 is 12.1 Å². The third-order valence-electron chi connectivity index (χ3n) is 1.97. The topological polar surface area (TPSA) is 125 Å². The second kappa shape index (κ2) is 5.51. The molecule has 1 amide bonds. The quantitative estimate of drug-likeness (QED) is 0.459. The molecular weight excluding hydrogens is 234 g/mol. The van der Waals surface area contributed by atoms with Crippen molar-refractivity contribution >= 4 is 12.1 Å². The van der Waals surface area contributed by atoms with E-state index in [1.165, 1.54) is 0 Å². The molecule has 0 aromatic rings. The van der Waals surface area contributed by atoms with Crippen molar-refractivity contribution in [2.75, 3.05) is 13.2 Å². The molecule has 0 radical (unpaired) electrons. The van der Waals surface area contributed by atoms with Crippen LogP contribution in [0.3, 0.4) is 0 Å². The number of amides is 1. The van der Waals surface area contributed by atoms with E-state index in [1.54, 1.807) is 6.92 Å². The van der Waals surface area contributed by atoms with E-state index in [4.69, 9.17) is 5.11 Å². The minimum Gasteiger partial charge on any atom is -0.505 e. The van der Waals surface area contributed by atoms with Crippen LogP contribution in [0.15, 0.2) is 11.5 Å². The van der Waals surface area contributed by atoms with E-state index in [1.807, 2.05) is 0 Å². The minimum absolute atomic E-state index is 0.282. The number of carbonyl (C=O) groups is 2. The summed E-state index contributed by atoms with van der Waals surface area (Å²) < 4.78 is 9.05. The lowest BCUT2D eigenvalue weighted by Gasteiger charge is -2.13. The lowest BCUT2D eigenvalue weighted by Crippen LogP contribution is -2.31. The number of hydrogen-bond donors (Lipinski definition) is 4. The molecule has 0 aliphatic carbocycles. The standard InChI is InChI=1S/C9H13NO7/c1-2-10-9(15)17-7-5(13)6(4(12)3-11)16-8(7)14/h4,6,11-13H,2-3H2,1H3,(H,10,15). The van der Waals surface area contributed by atoms with E-state index < -0.39 is 42.4 Å². The van der Waals surface area contributed by atoms with Crippen molar-refractivity contribution in [2.45, 2.75) is 19.1 Å². The SMILES string of the molecule is CCNC(=O)OC1=C(O)C(C(O)CO)OC1=O. The van der Waals surface area contributed by atoms with Crippen LogP contribution in [0.25, 0.3) is 0 Å². The molecule has 2 atom stereocenters. The second-order valence-corrected chi connectivity index (χ2v) is 3.21. The Balaban J connectivity index is 2.78. The van der Waals surface area contributed by atoms with Crippen molar-refractivity contribution in [2.24, 2.45) is 0 Å². The van der Waals surface area contributed by atoms with Crippen LogP contribution in [0.4, 0.5) is 4.79 Å². The van der Waals surface area contributed by atoms with Crippen molar-refractivity contribution in [3.05, 3.63) is 11.5 Å². The molecule has 0 bridgehead atoms. The molecule has 0 spiro atoms. The number of carbonyl (C=O) groups excluding carboxylic acids is 2. The molecule has 1 rings (SSSR count). The molecule has 0 saturated carbocycles. The van der Waals surface area contributed by atoms with Gasteiger partial charge in [0, 0.05) is 6.54 Å². The Bertz CT molecular complexity index is 351. The summed E-state index contributed by atoms with van der Waals surface area (Å²) in [6.07, 6.45) is -3.82. The fraction of sp³-hybridized carbons (Fsp3) is 0.556. The van der Waals surface area contributed by atoms with Crippen molar-refractivity contribution in [1.29, 1.82) is 0 Å². The highest BCUT2D eigenvalue weighted by Crippen LogP contribution is 2.24. The van der Waals surface area contributed by atoms with Gasteiger partial charge in [0.15, 0.2) is 11.9 Å². The smallest absolute Gasteiger partial charge is 0.412 e. The van der Waals surface area contributed by atoms with Crippen LogP contribution in [-0.2, 0) is 14.3 Å². The monoisotopic (exact) mass is 247 g/mol. The molecular formula is C9H13NO7. The summed E-state index contributed by atoms with van der Waals surface area (Å²) in [5.41, 5.74) is 0. The van der Waals surface area contributed by atoms with Crippen molar-refractivity contribution < 1.29 is 34.4 Å². The van der Waals surface area contributed by atoms with Gasteiger partial charge in [0.1, 0.15) is 6.10 Å². The van der Waals surface area contributed by atoms with E-state index in [2.05, 4.69) is 14.8 Å². The predicted molar refractivity (Wildman–Crippen MR) is 52.8 cm³/mol. The minimum atomic E-state index is -1.48. The van der Waals surface area contributed by atoms with E-state index in [-0.39, 0.29) is 6.54 Å². The number of hydrogen-bond acceptors (Lipinski definition) is 7. The highest BCUT2D eigenvalue weighted by Gasteiger charge is 2.41. The zero-order valence-corrected chi connectivity index (χ0v) is 9.04. The Hall–Kier alpha value is -1.80. The lowest BCUT2D eigenvalue weighted by molar-refractivity contribution is -0.147. The largest absolute Gasteiger partial charge is 0.505 e. The first-order valence-corrected chi connectivity index (χ1v) is 4.90. The molecule has 2 unspecified atom stereocenters. The van der Waals surface area contributed by atoms with Crippen LogP contribution in [0.1, 0.15) is 6.92 Å². The average molecular weight is 247 g/mol. The van der Waals surface area contributed by atoms with Crippen LogP contribution in [0.5, 0.6) is 0 Å². The third-order valence-corrected chi connectivity index (χ3v) is 1.97. The zero-order chi connectivity index (χ0) is 13.0. The number of rotatable bonds is 4.